The molecule has 0 fully saturated rings. The van der Waals surface area contributed by atoms with Crippen LogP contribution in [0.2, 0.25) is 0 Å². The molecule has 2 aromatic carbocycles. The van der Waals surface area contributed by atoms with Gasteiger partial charge in [0.15, 0.2) is 9.84 Å². The fourth-order valence-electron chi connectivity index (χ4n) is 2.64. The van der Waals surface area contributed by atoms with Gasteiger partial charge in [-0.15, -0.1) is 0 Å². The summed E-state index contributed by atoms with van der Waals surface area (Å²) >= 11 is 5.62. The lowest BCUT2D eigenvalue weighted by molar-refractivity contribution is 0.108. The molecule has 0 atom stereocenters. The Morgan fingerprint density at radius 3 is 2.40 bits per heavy atom. The Hall–Kier alpha value is -2.36. The Labute approximate surface area is 152 Å². The molecule has 0 unspecified atom stereocenters. The number of benzene rings is 2. The maximum absolute atomic E-state index is 12.3. The van der Waals surface area contributed by atoms with Crippen molar-refractivity contribution < 1.29 is 13.2 Å². The van der Waals surface area contributed by atoms with E-state index in [1.54, 1.807) is 42.3 Å². The van der Waals surface area contributed by atoms with Gasteiger partial charge in [-0.1, -0.05) is 19.1 Å². The number of halogens is 1. The molecule has 0 aliphatic heterocycles. The first kappa shape index (κ1) is 19.0. The van der Waals surface area contributed by atoms with Gasteiger partial charge in [0.1, 0.15) is 6.07 Å². The summed E-state index contributed by atoms with van der Waals surface area (Å²) in [5.74, 6) is 0. The van der Waals surface area contributed by atoms with Crippen molar-refractivity contribution in [1.82, 2.24) is 0 Å². The molecule has 130 valence electrons. The van der Waals surface area contributed by atoms with E-state index in [9.17, 15) is 18.5 Å². The lowest BCUT2D eigenvalue weighted by Gasteiger charge is -2.24. The summed E-state index contributed by atoms with van der Waals surface area (Å²) in [5.41, 5.74) is 2.20. The first-order valence-electron chi connectivity index (χ1n) is 7.50. The van der Waals surface area contributed by atoms with Gasteiger partial charge in [-0.25, -0.2) is 8.42 Å². The Morgan fingerprint density at radius 1 is 1.24 bits per heavy atom. The van der Waals surface area contributed by atoms with Crippen LogP contribution in [0.25, 0.3) is 0 Å². The second-order valence-electron chi connectivity index (χ2n) is 5.56. The van der Waals surface area contributed by atoms with E-state index in [-0.39, 0.29) is 10.5 Å². The second kappa shape index (κ2) is 7.26. The molecule has 0 aliphatic carbocycles. The first-order chi connectivity index (χ1) is 11.7. The van der Waals surface area contributed by atoms with Gasteiger partial charge in [-0.3, -0.25) is 4.79 Å². The zero-order valence-electron chi connectivity index (χ0n) is 14.1. The van der Waals surface area contributed by atoms with E-state index in [2.05, 4.69) is 6.07 Å². The van der Waals surface area contributed by atoms with Crippen molar-refractivity contribution in [3.05, 3.63) is 53.1 Å². The number of carbonyl (C=O) groups excluding carboxylic acids is 1. The summed E-state index contributed by atoms with van der Waals surface area (Å²) in [7, 11) is -1.94. The highest BCUT2D eigenvalue weighted by Gasteiger charge is 2.23. The molecule has 0 amide bonds. The smallest absolute Gasteiger partial charge is 0.252 e. The maximum atomic E-state index is 12.3. The van der Waals surface area contributed by atoms with Crippen molar-refractivity contribution in [2.24, 2.45) is 0 Å². The number of para-hydroxylation sites is 1. The summed E-state index contributed by atoms with van der Waals surface area (Å²) in [6.07, 6.45) is 1.59. The average Bonchev–Trinajstić information content (AvgIpc) is 2.58. The van der Waals surface area contributed by atoms with E-state index in [0.717, 1.165) is 6.26 Å². The third-order valence-electron chi connectivity index (χ3n) is 3.92. The zero-order chi connectivity index (χ0) is 18.8. The molecule has 2 aromatic rings. The van der Waals surface area contributed by atoms with E-state index in [0.29, 0.717) is 28.9 Å². The van der Waals surface area contributed by atoms with Gasteiger partial charge in [0.2, 0.25) is 0 Å². The van der Waals surface area contributed by atoms with Crippen molar-refractivity contribution in [2.75, 3.05) is 18.2 Å². The van der Waals surface area contributed by atoms with Crippen molar-refractivity contribution in [2.45, 2.75) is 18.2 Å². The summed E-state index contributed by atoms with van der Waals surface area (Å²) in [6, 6.07) is 11.9. The molecule has 2 rings (SSSR count). The molecular weight excluding hydrogens is 360 g/mol. The molecule has 5 nitrogen and oxygen atoms in total. The second-order valence-corrected chi connectivity index (χ2v) is 7.89. The topological polar surface area (TPSA) is 78.2 Å². The Balaban J connectivity index is 2.80. The van der Waals surface area contributed by atoms with E-state index in [1.165, 1.54) is 6.07 Å². The number of nitriles is 1. The van der Waals surface area contributed by atoms with Crippen LogP contribution in [0.15, 0.2) is 41.3 Å². The summed E-state index contributed by atoms with van der Waals surface area (Å²) in [6.45, 7) is 1.85. The SMILES string of the molecule is CCc1cc(N(C)c2ccccc2C#N)c(S(C)(=O)=O)cc1C(=O)Cl. The summed E-state index contributed by atoms with van der Waals surface area (Å²) in [5, 5.41) is 8.60. The average molecular weight is 377 g/mol. The minimum absolute atomic E-state index is 0.0102. The first-order valence-corrected chi connectivity index (χ1v) is 9.77. The quantitative estimate of drug-likeness (QED) is 0.744. The molecule has 0 aromatic heterocycles. The van der Waals surface area contributed by atoms with Gasteiger partial charge in [-0.05, 0) is 47.9 Å². The predicted molar refractivity (Wildman–Crippen MR) is 98.3 cm³/mol. The minimum atomic E-state index is -3.62. The lowest BCUT2D eigenvalue weighted by atomic mass is 10.0. The highest BCUT2D eigenvalue weighted by molar-refractivity contribution is 7.90. The number of hydrogen-bond donors (Lipinski definition) is 0. The number of nitrogens with zero attached hydrogens (tertiary/aromatic N) is 2. The molecule has 0 radical (unpaired) electrons. The van der Waals surface area contributed by atoms with Crippen LogP contribution in [0.5, 0.6) is 0 Å². The Bertz CT molecular complexity index is 978. The number of rotatable bonds is 5. The van der Waals surface area contributed by atoms with Gasteiger partial charge in [0.05, 0.1) is 21.8 Å². The van der Waals surface area contributed by atoms with Gasteiger partial charge >= 0.3 is 0 Å². The Morgan fingerprint density at radius 2 is 1.88 bits per heavy atom. The molecule has 0 saturated carbocycles. The van der Waals surface area contributed by atoms with E-state index >= 15 is 0 Å². The van der Waals surface area contributed by atoms with Gasteiger partial charge in [0.25, 0.3) is 5.24 Å². The minimum Gasteiger partial charge on any atom is -0.342 e. The van der Waals surface area contributed by atoms with Crippen LogP contribution in [0.1, 0.15) is 28.4 Å². The lowest BCUT2D eigenvalue weighted by Crippen LogP contribution is -2.16. The third-order valence-corrected chi connectivity index (χ3v) is 5.25. The standard InChI is InChI=1S/C18H17ClN2O3S/c1-4-12-9-16(17(25(3,23)24)10-14(12)18(19)22)21(2)15-8-6-5-7-13(15)11-20/h5-10H,4H2,1-3H3. The molecule has 0 heterocycles. The van der Waals surface area contributed by atoms with Gasteiger partial charge in [-0.2, -0.15) is 5.26 Å². The zero-order valence-corrected chi connectivity index (χ0v) is 15.6. The van der Waals surface area contributed by atoms with Crippen molar-refractivity contribution in [3.8, 4) is 6.07 Å². The monoisotopic (exact) mass is 376 g/mol. The highest BCUT2D eigenvalue weighted by Crippen LogP contribution is 2.35. The fourth-order valence-corrected chi connectivity index (χ4v) is 3.72. The Kier molecular flexibility index (Phi) is 5.51. The fraction of sp³-hybridized carbons (Fsp3) is 0.222. The van der Waals surface area contributed by atoms with Crippen LogP contribution in [0, 0.1) is 11.3 Å². The molecular formula is C18H17ClN2O3S. The molecule has 0 bridgehead atoms. The molecule has 0 spiro atoms. The molecule has 0 saturated heterocycles. The van der Waals surface area contributed by atoms with Crippen LogP contribution in [-0.2, 0) is 16.3 Å². The van der Waals surface area contributed by atoms with Gasteiger partial charge in [0, 0.05) is 18.9 Å². The van der Waals surface area contributed by atoms with Crippen LogP contribution in [-0.4, -0.2) is 27.0 Å². The number of anilines is 2. The number of carbonyl (C=O) groups is 1. The molecule has 0 aliphatic rings. The summed E-state index contributed by atoms with van der Waals surface area (Å²) in [4.78, 5) is 13.3. The van der Waals surface area contributed by atoms with Crippen LogP contribution in [0.3, 0.4) is 0 Å². The van der Waals surface area contributed by atoms with Crippen LogP contribution >= 0.6 is 11.6 Å². The van der Waals surface area contributed by atoms with Crippen molar-refractivity contribution in [3.63, 3.8) is 0 Å². The number of aryl methyl sites for hydroxylation is 1. The number of hydrogen-bond acceptors (Lipinski definition) is 5. The van der Waals surface area contributed by atoms with Gasteiger partial charge < -0.3 is 4.90 Å². The van der Waals surface area contributed by atoms with E-state index in [1.807, 2.05) is 6.92 Å². The van der Waals surface area contributed by atoms with Crippen LogP contribution < -0.4 is 4.90 Å². The molecule has 7 heteroatoms. The van der Waals surface area contributed by atoms with E-state index in [4.69, 9.17) is 11.6 Å². The normalized spacial score (nSPS) is 11.0. The van der Waals surface area contributed by atoms with Crippen molar-refractivity contribution >= 4 is 38.1 Å². The molecule has 0 N–H and O–H groups in total. The largest absolute Gasteiger partial charge is 0.342 e. The number of sulfone groups is 1. The third kappa shape index (κ3) is 3.84. The van der Waals surface area contributed by atoms with Crippen LogP contribution in [0.4, 0.5) is 11.4 Å². The summed E-state index contributed by atoms with van der Waals surface area (Å²) < 4.78 is 24.5. The maximum Gasteiger partial charge on any atom is 0.252 e. The molecule has 25 heavy (non-hydrogen) atoms. The predicted octanol–water partition coefficient (Wildman–Crippen LogP) is 3.67. The van der Waals surface area contributed by atoms with E-state index < -0.39 is 15.1 Å². The highest BCUT2D eigenvalue weighted by atomic mass is 35.5. The van der Waals surface area contributed by atoms with Crippen molar-refractivity contribution in [1.29, 1.82) is 5.26 Å².